The number of carbonyl (C=O) groups is 1. The molecule has 1 saturated heterocycles. The van der Waals surface area contributed by atoms with Crippen LogP contribution in [0.3, 0.4) is 0 Å². The number of carbonyl (C=O) groups excluding carboxylic acids is 1. The van der Waals surface area contributed by atoms with Crippen molar-refractivity contribution in [2.45, 2.75) is 0 Å². The van der Waals surface area contributed by atoms with Crippen LogP contribution in [0.1, 0.15) is 10.4 Å². The van der Waals surface area contributed by atoms with Crippen LogP contribution in [0.2, 0.25) is 0 Å². The smallest absolute Gasteiger partial charge is 0.252 e. The van der Waals surface area contributed by atoms with E-state index < -0.39 is 0 Å². The summed E-state index contributed by atoms with van der Waals surface area (Å²) in [6.45, 7) is 5.97. The van der Waals surface area contributed by atoms with Gasteiger partial charge in [-0.15, -0.1) is 0 Å². The second-order valence-corrected chi connectivity index (χ2v) is 7.37. The van der Waals surface area contributed by atoms with Gasteiger partial charge in [0.05, 0.1) is 30.8 Å². The molecule has 0 bridgehead atoms. The van der Waals surface area contributed by atoms with Crippen molar-refractivity contribution in [2.75, 3.05) is 57.9 Å². The van der Waals surface area contributed by atoms with E-state index in [0.717, 1.165) is 56.0 Å². The van der Waals surface area contributed by atoms with Crippen LogP contribution in [-0.4, -0.2) is 68.3 Å². The van der Waals surface area contributed by atoms with Crippen molar-refractivity contribution >= 4 is 22.6 Å². The zero-order valence-electron chi connectivity index (χ0n) is 17.5. The molecule has 3 aromatic rings. The SMILES string of the molecule is O=C(NCCOc1ccccc1)c1cc(NCCN2CCOCC2)nc2ccccc12. The zero-order chi connectivity index (χ0) is 21.3. The van der Waals surface area contributed by atoms with Gasteiger partial charge in [-0.2, -0.15) is 0 Å². The van der Waals surface area contributed by atoms with Crippen LogP contribution in [0.25, 0.3) is 10.9 Å². The summed E-state index contributed by atoms with van der Waals surface area (Å²) in [6.07, 6.45) is 0. The van der Waals surface area contributed by atoms with Crippen molar-refractivity contribution in [1.29, 1.82) is 0 Å². The van der Waals surface area contributed by atoms with Crippen LogP contribution < -0.4 is 15.4 Å². The number of morpholine rings is 1. The topological polar surface area (TPSA) is 75.7 Å². The van der Waals surface area contributed by atoms with Gasteiger partial charge in [0.25, 0.3) is 5.91 Å². The second-order valence-electron chi connectivity index (χ2n) is 7.37. The van der Waals surface area contributed by atoms with Gasteiger partial charge in [0.15, 0.2) is 0 Å². The molecule has 1 aromatic heterocycles. The Morgan fingerprint density at radius 1 is 1.03 bits per heavy atom. The summed E-state index contributed by atoms with van der Waals surface area (Å²) in [5.41, 5.74) is 1.41. The Kier molecular flexibility index (Phi) is 7.31. The number of benzene rings is 2. The third-order valence-electron chi connectivity index (χ3n) is 5.20. The van der Waals surface area contributed by atoms with E-state index in [1.165, 1.54) is 0 Å². The van der Waals surface area contributed by atoms with Gasteiger partial charge in [-0.25, -0.2) is 4.98 Å². The van der Waals surface area contributed by atoms with E-state index in [2.05, 4.69) is 20.5 Å². The number of anilines is 1. The summed E-state index contributed by atoms with van der Waals surface area (Å²) in [6, 6.07) is 19.1. The number of rotatable bonds is 9. The number of amides is 1. The van der Waals surface area contributed by atoms with Gasteiger partial charge in [-0.3, -0.25) is 9.69 Å². The Bertz CT molecular complexity index is 991. The highest BCUT2D eigenvalue weighted by molar-refractivity contribution is 6.06. The lowest BCUT2D eigenvalue weighted by Crippen LogP contribution is -2.39. The zero-order valence-corrected chi connectivity index (χ0v) is 17.5. The molecule has 0 spiro atoms. The number of fused-ring (bicyclic) bond motifs is 1. The molecule has 0 saturated carbocycles. The first kappa shape index (κ1) is 21.1. The molecule has 7 heteroatoms. The Labute approximate surface area is 182 Å². The molecule has 1 aliphatic heterocycles. The van der Waals surface area contributed by atoms with E-state index in [1.807, 2.05) is 60.7 Å². The van der Waals surface area contributed by atoms with Crippen LogP contribution in [0.15, 0.2) is 60.7 Å². The van der Waals surface area contributed by atoms with Gasteiger partial charge < -0.3 is 20.1 Å². The summed E-state index contributed by atoms with van der Waals surface area (Å²) < 4.78 is 11.1. The van der Waals surface area contributed by atoms with E-state index >= 15 is 0 Å². The van der Waals surface area contributed by atoms with Gasteiger partial charge in [0.1, 0.15) is 18.2 Å². The van der Waals surface area contributed by atoms with Crippen molar-refractivity contribution in [3.8, 4) is 5.75 Å². The molecule has 0 unspecified atom stereocenters. The average molecular weight is 421 g/mol. The highest BCUT2D eigenvalue weighted by Gasteiger charge is 2.14. The maximum Gasteiger partial charge on any atom is 0.252 e. The molecule has 1 fully saturated rings. The highest BCUT2D eigenvalue weighted by Crippen LogP contribution is 2.21. The number of nitrogens with one attached hydrogen (secondary N) is 2. The molecule has 4 rings (SSSR count). The number of pyridine rings is 1. The molecule has 162 valence electrons. The Morgan fingerprint density at radius 2 is 1.81 bits per heavy atom. The predicted octanol–water partition coefficient (Wildman–Crippen LogP) is 2.79. The van der Waals surface area contributed by atoms with E-state index in [-0.39, 0.29) is 5.91 Å². The van der Waals surface area contributed by atoms with Crippen molar-refractivity contribution < 1.29 is 14.3 Å². The van der Waals surface area contributed by atoms with Gasteiger partial charge >= 0.3 is 0 Å². The summed E-state index contributed by atoms with van der Waals surface area (Å²) in [4.78, 5) is 19.9. The van der Waals surface area contributed by atoms with Crippen molar-refractivity contribution in [2.24, 2.45) is 0 Å². The minimum Gasteiger partial charge on any atom is -0.492 e. The molecule has 1 amide bonds. The van der Waals surface area contributed by atoms with Crippen LogP contribution in [0.4, 0.5) is 5.82 Å². The summed E-state index contributed by atoms with van der Waals surface area (Å²) in [7, 11) is 0. The fourth-order valence-electron chi connectivity index (χ4n) is 3.57. The molecular weight excluding hydrogens is 392 g/mol. The maximum atomic E-state index is 12.9. The molecule has 2 aromatic carbocycles. The Hall–Kier alpha value is -3.16. The standard InChI is InChI=1S/C24H28N4O3/c29-24(26-11-15-31-19-6-2-1-3-7-19)21-18-23(27-22-9-5-4-8-20(21)22)25-10-12-28-13-16-30-17-14-28/h1-9,18H,10-17H2,(H,25,27)(H,26,29). The van der Waals surface area contributed by atoms with Gasteiger partial charge in [-0.1, -0.05) is 36.4 Å². The normalized spacial score (nSPS) is 14.3. The number of hydrogen-bond donors (Lipinski definition) is 2. The van der Waals surface area contributed by atoms with Crippen LogP contribution in [0.5, 0.6) is 5.75 Å². The largest absolute Gasteiger partial charge is 0.492 e. The van der Waals surface area contributed by atoms with E-state index in [0.29, 0.717) is 24.5 Å². The highest BCUT2D eigenvalue weighted by atomic mass is 16.5. The van der Waals surface area contributed by atoms with E-state index in [1.54, 1.807) is 0 Å². The number of hydrogen-bond acceptors (Lipinski definition) is 6. The molecule has 0 radical (unpaired) electrons. The molecule has 0 aliphatic carbocycles. The first-order valence-corrected chi connectivity index (χ1v) is 10.7. The quantitative estimate of drug-likeness (QED) is 0.519. The molecule has 31 heavy (non-hydrogen) atoms. The monoisotopic (exact) mass is 420 g/mol. The van der Waals surface area contributed by atoms with Gasteiger partial charge in [0.2, 0.25) is 0 Å². The maximum absolute atomic E-state index is 12.9. The summed E-state index contributed by atoms with van der Waals surface area (Å²) >= 11 is 0. The fraction of sp³-hybridized carbons (Fsp3) is 0.333. The van der Waals surface area contributed by atoms with Crippen molar-refractivity contribution in [3.05, 3.63) is 66.2 Å². The Morgan fingerprint density at radius 3 is 2.65 bits per heavy atom. The Balaban J connectivity index is 1.37. The van der Waals surface area contributed by atoms with Crippen molar-refractivity contribution in [3.63, 3.8) is 0 Å². The molecule has 0 atom stereocenters. The van der Waals surface area contributed by atoms with Gasteiger partial charge in [0, 0.05) is 31.6 Å². The number of ether oxygens (including phenoxy) is 2. The van der Waals surface area contributed by atoms with Gasteiger partial charge in [-0.05, 0) is 24.3 Å². The lowest BCUT2D eigenvalue weighted by molar-refractivity contribution is 0.0398. The fourth-order valence-corrected chi connectivity index (χ4v) is 3.57. The third-order valence-corrected chi connectivity index (χ3v) is 5.20. The minimum atomic E-state index is -0.133. The molecule has 1 aliphatic rings. The van der Waals surface area contributed by atoms with E-state index in [9.17, 15) is 4.79 Å². The minimum absolute atomic E-state index is 0.133. The molecule has 7 nitrogen and oxygen atoms in total. The lowest BCUT2D eigenvalue weighted by Gasteiger charge is -2.26. The summed E-state index contributed by atoms with van der Waals surface area (Å²) in [5.74, 6) is 1.36. The van der Waals surface area contributed by atoms with Crippen LogP contribution >= 0.6 is 0 Å². The first-order chi connectivity index (χ1) is 15.3. The van der Waals surface area contributed by atoms with Crippen LogP contribution in [0, 0.1) is 0 Å². The van der Waals surface area contributed by atoms with E-state index in [4.69, 9.17) is 9.47 Å². The molecular formula is C24H28N4O3. The average Bonchev–Trinajstić information content (AvgIpc) is 2.82. The van der Waals surface area contributed by atoms with Crippen molar-refractivity contribution in [1.82, 2.24) is 15.2 Å². The molecule has 2 heterocycles. The third kappa shape index (κ3) is 5.93. The second kappa shape index (κ2) is 10.7. The summed E-state index contributed by atoms with van der Waals surface area (Å²) in [5, 5.41) is 7.16. The first-order valence-electron chi connectivity index (χ1n) is 10.7. The number of para-hydroxylation sites is 2. The number of nitrogens with zero attached hydrogens (tertiary/aromatic N) is 2. The predicted molar refractivity (Wildman–Crippen MR) is 122 cm³/mol. The molecule has 2 N–H and O–H groups in total. The number of aromatic nitrogens is 1. The van der Waals surface area contributed by atoms with Crippen LogP contribution in [-0.2, 0) is 4.74 Å². The lowest BCUT2D eigenvalue weighted by atomic mass is 10.1.